The molecule has 1 aliphatic heterocycles. The Morgan fingerprint density at radius 1 is 1.50 bits per heavy atom. The van der Waals surface area contributed by atoms with Crippen molar-refractivity contribution in [2.45, 2.75) is 39.5 Å². The van der Waals surface area contributed by atoms with E-state index in [2.05, 4.69) is 45.3 Å². The van der Waals surface area contributed by atoms with E-state index >= 15 is 0 Å². The molecule has 1 aliphatic rings. The van der Waals surface area contributed by atoms with Gasteiger partial charge in [-0.15, -0.1) is 0 Å². The van der Waals surface area contributed by atoms with Crippen LogP contribution in [-0.4, -0.2) is 34.8 Å². The first-order valence-corrected chi connectivity index (χ1v) is 7.64. The number of benzene rings is 1. The molecule has 0 saturated heterocycles. The molecule has 2 aromatic rings. The fourth-order valence-electron chi connectivity index (χ4n) is 2.80. The molecule has 2 amide bonds. The lowest BCUT2D eigenvalue weighted by atomic mass is 10.2. The van der Waals surface area contributed by atoms with Crippen LogP contribution in [0.25, 0.3) is 11.0 Å². The van der Waals surface area contributed by atoms with Crippen LogP contribution in [0.15, 0.2) is 18.2 Å². The third-order valence-corrected chi connectivity index (χ3v) is 3.74. The van der Waals surface area contributed by atoms with Gasteiger partial charge < -0.3 is 19.9 Å². The topological polar surface area (TPSA) is 68.2 Å². The number of rotatable bonds is 3. The highest BCUT2D eigenvalue weighted by Gasteiger charge is 2.24. The van der Waals surface area contributed by atoms with Crippen LogP contribution in [0.3, 0.4) is 0 Å². The summed E-state index contributed by atoms with van der Waals surface area (Å²) in [4.78, 5) is 16.4. The van der Waals surface area contributed by atoms with Crippen molar-refractivity contribution in [3.05, 3.63) is 29.6 Å². The van der Waals surface area contributed by atoms with Gasteiger partial charge in [0.2, 0.25) is 0 Å². The van der Waals surface area contributed by atoms with Crippen LogP contribution >= 0.6 is 0 Å². The van der Waals surface area contributed by atoms with Crippen molar-refractivity contribution in [3.63, 3.8) is 0 Å². The number of fused-ring (bicyclic) bond motifs is 3. The van der Waals surface area contributed by atoms with E-state index in [1.54, 1.807) is 0 Å². The van der Waals surface area contributed by atoms with Gasteiger partial charge in [-0.05, 0) is 38.5 Å². The Morgan fingerprint density at radius 2 is 2.32 bits per heavy atom. The number of amides is 2. The molecule has 1 atom stereocenters. The maximum atomic E-state index is 11.8. The van der Waals surface area contributed by atoms with E-state index in [1.165, 1.54) is 5.56 Å². The lowest BCUT2D eigenvalue weighted by Crippen LogP contribution is -2.43. The van der Waals surface area contributed by atoms with Crippen molar-refractivity contribution in [2.75, 3.05) is 13.2 Å². The fraction of sp³-hybridized carbons (Fsp3) is 0.500. The zero-order valence-electron chi connectivity index (χ0n) is 13.2. The number of aromatic nitrogens is 2. The van der Waals surface area contributed by atoms with Gasteiger partial charge in [0.1, 0.15) is 12.4 Å². The molecule has 2 N–H and O–H groups in total. The van der Waals surface area contributed by atoms with Crippen LogP contribution in [0.1, 0.15) is 31.3 Å². The molecular formula is C16H22N4O2. The average molecular weight is 302 g/mol. The number of nitrogens with one attached hydrogen (secondary N) is 2. The molecule has 0 spiro atoms. The molecule has 3 rings (SSSR count). The van der Waals surface area contributed by atoms with Gasteiger partial charge in [0.25, 0.3) is 0 Å². The molecule has 6 nitrogen and oxygen atoms in total. The van der Waals surface area contributed by atoms with Crippen LogP contribution in [0.2, 0.25) is 0 Å². The fourth-order valence-corrected chi connectivity index (χ4v) is 2.80. The second-order valence-corrected chi connectivity index (χ2v) is 6.07. The predicted molar refractivity (Wildman–Crippen MR) is 84.8 cm³/mol. The Balaban J connectivity index is 1.81. The van der Waals surface area contributed by atoms with E-state index < -0.39 is 0 Å². The zero-order chi connectivity index (χ0) is 15.7. The van der Waals surface area contributed by atoms with Gasteiger partial charge in [-0.25, -0.2) is 9.78 Å². The maximum absolute atomic E-state index is 11.8. The number of urea groups is 1. The van der Waals surface area contributed by atoms with Gasteiger partial charge in [-0.2, -0.15) is 0 Å². The Morgan fingerprint density at radius 3 is 3.09 bits per heavy atom. The number of aryl methyl sites for hydroxylation is 1. The summed E-state index contributed by atoms with van der Waals surface area (Å²) >= 11 is 0. The first kappa shape index (κ1) is 14.8. The van der Waals surface area contributed by atoms with Crippen LogP contribution in [0, 0.1) is 6.92 Å². The SMILES string of the molecule is Cc1ccc2c(c1)nc1n2C(CNC(=O)NC(C)C)COC1. The summed E-state index contributed by atoms with van der Waals surface area (Å²) in [6, 6.07) is 6.29. The molecule has 6 heteroatoms. The maximum Gasteiger partial charge on any atom is 0.315 e. The Kier molecular flexibility index (Phi) is 4.02. The minimum atomic E-state index is -0.151. The molecule has 22 heavy (non-hydrogen) atoms. The van der Waals surface area contributed by atoms with E-state index in [0.717, 1.165) is 16.9 Å². The lowest BCUT2D eigenvalue weighted by molar-refractivity contribution is 0.0572. The first-order chi connectivity index (χ1) is 10.5. The van der Waals surface area contributed by atoms with Gasteiger partial charge in [-0.3, -0.25) is 0 Å². The van der Waals surface area contributed by atoms with Crippen molar-refractivity contribution in [3.8, 4) is 0 Å². The quantitative estimate of drug-likeness (QED) is 0.912. The predicted octanol–water partition coefficient (Wildman–Crippen LogP) is 2.12. The van der Waals surface area contributed by atoms with Crippen LogP contribution < -0.4 is 10.6 Å². The van der Waals surface area contributed by atoms with Crippen molar-refractivity contribution < 1.29 is 9.53 Å². The van der Waals surface area contributed by atoms with E-state index in [9.17, 15) is 4.79 Å². The lowest BCUT2D eigenvalue weighted by Gasteiger charge is -2.26. The molecule has 0 aliphatic carbocycles. The Bertz CT molecular complexity index is 693. The highest BCUT2D eigenvalue weighted by molar-refractivity contribution is 5.77. The third-order valence-electron chi connectivity index (χ3n) is 3.74. The second-order valence-electron chi connectivity index (χ2n) is 6.07. The molecule has 1 aromatic carbocycles. The van der Waals surface area contributed by atoms with Crippen LogP contribution in [-0.2, 0) is 11.3 Å². The number of ether oxygens (including phenoxy) is 1. The monoisotopic (exact) mass is 302 g/mol. The summed E-state index contributed by atoms with van der Waals surface area (Å²) in [6.45, 7) is 7.55. The third kappa shape index (κ3) is 2.92. The van der Waals surface area contributed by atoms with Crippen LogP contribution in [0.5, 0.6) is 0 Å². The number of hydrogen-bond acceptors (Lipinski definition) is 3. The summed E-state index contributed by atoms with van der Waals surface area (Å²) in [5, 5.41) is 5.74. The summed E-state index contributed by atoms with van der Waals surface area (Å²) in [6.07, 6.45) is 0. The van der Waals surface area contributed by atoms with Gasteiger partial charge in [-0.1, -0.05) is 6.07 Å². The molecule has 0 radical (unpaired) electrons. The molecule has 1 unspecified atom stereocenters. The standard InChI is InChI=1S/C16H22N4O2/c1-10(2)18-16(21)17-7-12-8-22-9-15-19-13-6-11(3)4-5-14(13)20(12)15/h4-6,10,12H,7-9H2,1-3H3,(H2,17,18,21). The minimum absolute atomic E-state index is 0.0642. The van der Waals surface area contributed by atoms with E-state index in [1.807, 2.05) is 13.8 Å². The van der Waals surface area contributed by atoms with Crippen molar-refractivity contribution >= 4 is 17.1 Å². The highest BCUT2D eigenvalue weighted by atomic mass is 16.5. The summed E-state index contributed by atoms with van der Waals surface area (Å²) in [7, 11) is 0. The van der Waals surface area contributed by atoms with Crippen LogP contribution in [0.4, 0.5) is 4.79 Å². The molecular weight excluding hydrogens is 280 g/mol. The van der Waals surface area contributed by atoms with E-state index in [0.29, 0.717) is 19.8 Å². The zero-order valence-corrected chi connectivity index (χ0v) is 13.2. The second kappa shape index (κ2) is 5.96. The molecule has 0 fully saturated rings. The Hall–Kier alpha value is -2.08. The number of hydrogen-bond donors (Lipinski definition) is 2. The number of carbonyl (C=O) groups excluding carboxylic acids is 1. The van der Waals surface area contributed by atoms with E-state index in [4.69, 9.17) is 4.74 Å². The van der Waals surface area contributed by atoms with Gasteiger partial charge in [0, 0.05) is 12.6 Å². The van der Waals surface area contributed by atoms with E-state index in [-0.39, 0.29) is 18.1 Å². The van der Waals surface area contributed by atoms with Crippen molar-refractivity contribution in [2.24, 2.45) is 0 Å². The molecule has 2 heterocycles. The summed E-state index contributed by atoms with van der Waals surface area (Å²) in [5.74, 6) is 0.919. The normalized spacial score (nSPS) is 17.5. The van der Waals surface area contributed by atoms with Crippen molar-refractivity contribution in [1.29, 1.82) is 0 Å². The van der Waals surface area contributed by atoms with Gasteiger partial charge in [0.15, 0.2) is 0 Å². The molecule has 0 saturated carbocycles. The highest BCUT2D eigenvalue weighted by Crippen LogP contribution is 2.26. The Labute approximate surface area is 129 Å². The largest absolute Gasteiger partial charge is 0.371 e. The average Bonchev–Trinajstić information content (AvgIpc) is 2.82. The van der Waals surface area contributed by atoms with Crippen molar-refractivity contribution in [1.82, 2.24) is 20.2 Å². The smallest absolute Gasteiger partial charge is 0.315 e. The molecule has 0 bridgehead atoms. The summed E-state index contributed by atoms with van der Waals surface area (Å²) in [5.41, 5.74) is 3.27. The number of imidazole rings is 1. The number of nitrogens with zero attached hydrogens (tertiary/aromatic N) is 2. The number of carbonyl (C=O) groups is 1. The van der Waals surface area contributed by atoms with Gasteiger partial charge >= 0.3 is 6.03 Å². The first-order valence-electron chi connectivity index (χ1n) is 7.64. The van der Waals surface area contributed by atoms with Gasteiger partial charge in [0.05, 0.1) is 23.7 Å². The molecule has 1 aromatic heterocycles. The summed E-state index contributed by atoms with van der Waals surface area (Å²) < 4.78 is 7.82. The minimum Gasteiger partial charge on any atom is -0.371 e. The molecule has 118 valence electrons.